The molecule has 6 heteroatoms. The van der Waals surface area contributed by atoms with Gasteiger partial charge in [-0.3, -0.25) is 0 Å². The molecule has 0 bridgehead atoms. The van der Waals surface area contributed by atoms with Gasteiger partial charge in [-0.2, -0.15) is 0 Å². The van der Waals surface area contributed by atoms with Crippen molar-refractivity contribution in [3.05, 3.63) is 0 Å². The lowest BCUT2D eigenvalue weighted by Gasteiger charge is -2.08. The minimum Gasteiger partial charge on any atom is -0.394 e. The SMILES string of the molecule is CCC(O)COCCOCCO.N=C=O. The molecule has 3 N–H and O–H groups in total. The second-order valence-corrected chi connectivity index (χ2v) is 2.58. The highest BCUT2D eigenvalue weighted by molar-refractivity contribution is 5.26. The number of aliphatic hydroxyl groups excluding tert-OH is 2. The van der Waals surface area contributed by atoms with Gasteiger partial charge in [0, 0.05) is 0 Å². The Labute approximate surface area is 89.3 Å². The van der Waals surface area contributed by atoms with Gasteiger partial charge < -0.3 is 19.7 Å². The van der Waals surface area contributed by atoms with E-state index >= 15 is 0 Å². The molecule has 0 rings (SSSR count). The molecule has 0 aromatic rings. The molecule has 0 spiro atoms. The predicted octanol–water partition coefficient (Wildman–Crippen LogP) is -0.316. The Balaban J connectivity index is 0. The number of hydrogen-bond acceptors (Lipinski definition) is 6. The summed E-state index contributed by atoms with van der Waals surface area (Å²) in [6.07, 6.45) is 1.08. The number of isocyanates is 1. The van der Waals surface area contributed by atoms with Crippen molar-refractivity contribution in [2.45, 2.75) is 19.4 Å². The first-order valence-corrected chi connectivity index (χ1v) is 4.71. The predicted molar refractivity (Wildman–Crippen MR) is 53.4 cm³/mol. The Hall–Kier alpha value is -0.780. The van der Waals surface area contributed by atoms with Crippen molar-refractivity contribution in [1.29, 1.82) is 5.41 Å². The van der Waals surface area contributed by atoms with Crippen LogP contribution in [0.1, 0.15) is 13.3 Å². The standard InChI is InChI=1S/C8H18O4.CHNO/c1-2-8(10)7-12-6-5-11-4-3-9;2-1-3/h8-10H,2-7H2,1H3;2H. The number of rotatable bonds is 8. The van der Waals surface area contributed by atoms with Crippen LogP contribution >= 0.6 is 0 Å². The molecule has 90 valence electrons. The molecule has 0 saturated carbocycles. The van der Waals surface area contributed by atoms with Crippen molar-refractivity contribution in [2.24, 2.45) is 0 Å². The highest BCUT2D eigenvalue weighted by atomic mass is 16.5. The van der Waals surface area contributed by atoms with Gasteiger partial charge in [0.15, 0.2) is 0 Å². The molecule has 0 heterocycles. The third-order valence-corrected chi connectivity index (χ3v) is 1.39. The maximum Gasteiger partial charge on any atom is 0.231 e. The van der Waals surface area contributed by atoms with E-state index in [2.05, 4.69) is 0 Å². The molecular weight excluding hydrogens is 202 g/mol. The molecule has 0 aliphatic rings. The Kier molecular flexibility index (Phi) is 17.4. The lowest BCUT2D eigenvalue weighted by molar-refractivity contribution is -0.00274. The van der Waals surface area contributed by atoms with E-state index in [0.29, 0.717) is 32.8 Å². The summed E-state index contributed by atoms with van der Waals surface area (Å²) >= 11 is 0. The molecule has 0 aliphatic carbocycles. The Morgan fingerprint density at radius 3 is 2.33 bits per heavy atom. The molecular formula is C9H19NO5. The average Bonchev–Trinajstić information content (AvgIpc) is 2.24. The van der Waals surface area contributed by atoms with Crippen molar-refractivity contribution in [3.63, 3.8) is 0 Å². The Morgan fingerprint density at radius 2 is 1.87 bits per heavy atom. The molecule has 0 radical (unpaired) electrons. The maximum atomic E-state index is 9.05. The van der Waals surface area contributed by atoms with Crippen LogP contribution in [0.25, 0.3) is 0 Å². The molecule has 1 atom stereocenters. The number of ether oxygens (including phenoxy) is 2. The van der Waals surface area contributed by atoms with E-state index in [1.807, 2.05) is 6.92 Å². The fourth-order valence-corrected chi connectivity index (χ4v) is 0.622. The van der Waals surface area contributed by atoms with Gasteiger partial charge in [0.2, 0.25) is 6.08 Å². The second kappa shape index (κ2) is 15.7. The number of hydrogen-bond donors (Lipinski definition) is 3. The molecule has 0 saturated heterocycles. The minimum absolute atomic E-state index is 0.0393. The van der Waals surface area contributed by atoms with Gasteiger partial charge in [-0.1, -0.05) is 6.92 Å². The highest BCUT2D eigenvalue weighted by Crippen LogP contribution is 1.90. The lowest BCUT2D eigenvalue weighted by atomic mass is 10.3. The van der Waals surface area contributed by atoms with Crippen molar-refractivity contribution in [2.75, 3.05) is 33.0 Å². The fourth-order valence-electron chi connectivity index (χ4n) is 0.622. The lowest BCUT2D eigenvalue weighted by Crippen LogP contribution is -2.16. The van der Waals surface area contributed by atoms with Crippen molar-refractivity contribution >= 4 is 6.08 Å². The molecule has 6 nitrogen and oxygen atoms in total. The average molecular weight is 221 g/mol. The summed E-state index contributed by atoms with van der Waals surface area (Å²) < 4.78 is 10.0. The monoisotopic (exact) mass is 221 g/mol. The van der Waals surface area contributed by atoms with Gasteiger partial charge in [0.25, 0.3) is 0 Å². The van der Waals surface area contributed by atoms with Crippen LogP contribution in [-0.2, 0) is 14.3 Å². The van der Waals surface area contributed by atoms with Gasteiger partial charge in [-0.15, -0.1) is 0 Å². The van der Waals surface area contributed by atoms with Crippen LogP contribution in [0.15, 0.2) is 0 Å². The van der Waals surface area contributed by atoms with Gasteiger partial charge in [0.05, 0.1) is 39.1 Å². The second-order valence-electron chi connectivity index (χ2n) is 2.58. The van der Waals surface area contributed by atoms with Gasteiger partial charge in [0.1, 0.15) is 0 Å². The first-order valence-electron chi connectivity index (χ1n) is 4.71. The van der Waals surface area contributed by atoms with Gasteiger partial charge in [-0.05, 0) is 6.42 Å². The summed E-state index contributed by atoms with van der Waals surface area (Å²) in [7, 11) is 0. The van der Waals surface area contributed by atoms with E-state index in [0.717, 1.165) is 6.08 Å². The summed E-state index contributed by atoms with van der Waals surface area (Å²) in [6, 6.07) is 0. The van der Waals surface area contributed by atoms with E-state index in [9.17, 15) is 0 Å². The summed E-state index contributed by atoms with van der Waals surface area (Å²) in [6.45, 7) is 3.58. The molecule has 0 amide bonds. The third-order valence-electron chi connectivity index (χ3n) is 1.39. The third kappa shape index (κ3) is 19.6. The number of carbonyl (C=O) groups excluding carboxylic acids is 1. The summed E-state index contributed by atoms with van der Waals surface area (Å²) in [5, 5.41) is 22.8. The molecule has 1 unspecified atom stereocenters. The van der Waals surface area contributed by atoms with Crippen molar-refractivity contribution in [1.82, 2.24) is 0 Å². The zero-order chi connectivity index (χ0) is 11.9. The zero-order valence-corrected chi connectivity index (χ0v) is 8.94. The van der Waals surface area contributed by atoms with Crippen LogP contribution in [0.3, 0.4) is 0 Å². The quantitative estimate of drug-likeness (QED) is 0.296. The molecule has 15 heavy (non-hydrogen) atoms. The molecule has 0 aliphatic heterocycles. The van der Waals surface area contributed by atoms with Gasteiger partial charge >= 0.3 is 0 Å². The summed E-state index contributed by atoms with van der Waals surface area (Å²) in [5.41, 5.74) is 0. The summed E-state index contributed by atoms with van der Waals surface area (Å²) in [4.78, 5) is 8.35. The largest absolute Gasteiger partial charge is 0.394 e. The topological polar surface area (TPSA) is 99.8 Å². The van der Waals surface area contributed by atoms with E-state index in [4.69, 9.17) is 29.9 Å². The number of nitrogens with one attached hydrogen (secondary N) is 1. The van der Waals surface area contributed by atoms with Crippen LogP contribution in [0.4, 0.5) is 0 Å². The minimum atomic E-state index is -0.372. The van der Waals surface area contributed by atoms with Crippen LogP contribution in [0.5, 0.6) is 0 Å². The van der Waals surface area contributed by atoms with Crippen LogP contribution in [0.2, 0.25) is 0 Å². The van der Waals surface area contributed by atoms with E-state index in [-0.39, 0.29) is 12.7 Å². The molecule has 0 aromatic heterocycles. The van der Waals surface area contributed by atoms with Crippen LogP contribution in [0, 0.1) is 5.41 Å². The molecule has 0 fully saturated rings. The van der Waals surface area contributed by atoms with E-state index < -0.39 is 0 Å². The fraction of sp³-hybridized carbons (Fsp3) is 0.889. The van der Waals surface area contributed by atoms with Crippen molar-refractivity contribution in [3.8, 4) is 0 Å². The number of aliphatic hydroxyl groups is 2. The first-order chi connectivity index (χ1) is 7.22. The summed E-state index contributed by atoms with van der Waals surface area (Å²) in [5.74, 6) is 0. The van der Waals surface area contributed by atoms with E-state index in [1.54, 1.807) is 0 Å². The zero-order valence-electron chi connectivity index (χ0n) is 8.94. The first kappa shape index (κ1) is 16.6. The Morgan fingerprint density at radius 1 is 1.33 bits per heavy atom. The maximum absolute atomic E-state index is 9.05. The van der Waals surface area contributed by atoms with Crippen LogP contribution < -0.4 is 0 Å². The van der Waals surface area contributed by atoms with Crippen LogP contribution in [-0.4, -0.2) is 55.4 Å². The smallest absolute Gasteiger partial charge is 0.231 e. The normalized spacial score (nSPS) is 11.1. The van der Waals surface area contributed by atoms with E-state index in [1.165, 1.54) is 0 Å². The van der Waals surface area contributed by atoms with Crippen molar-refractivity contribution < 1.29 is 24.5 Å². The molecule has 0 aromatic carbocycles. The van der Waals surface area contributed by atoms with Gasteiger partial charge in [-0.25, -0.2) is 10.2 Å². The Bertz CT molecular complexity index is 147. The highest BCUT2D eigenvalue weighted by Gasteiger charge is 1.98.